The van der Waals surface area contributed by atoms with Crippen LogP contribution in [0.1, 0.15) is 26.7 Å². The van der Waals surface area contributed by atoms with Crippen molar-refractivity contribution in [2.24, 2.45) is 0 Å². The standard InChI is InChI=1S/C15H19ClN2O5S/c1-9(15(20)23-10(2)14(19)17-12-5-6-12)18-24(21,22)13-7-3-11(16)4-8-13/h3-4,7-10,12,18H,5-6H2,1-2H3,(H,17,19)/t9-,10-/m0/s1. The van der Waals surface area contributed by atoms with Gasteiger partial charge in [0, 0.05) is 11.1 Å². The van der Waals surface area contributed by atoms with Crippen LogP contribution in [0.25, 0.3) is 0 Å². The molecule has 0 heterocycles. The lowest BCUT2D eigenvalue weighted by Gasteiger charge is -2.17. The summed E-state index contributed by atoms with van der Waals surface area (Å²) in [4.78, 5) is 23.7. The summed E-state index contributed by atoms with van der Waals surface area (Å²) in [7, 11) is -3.90. The van der Waals surface area contributed by atoms with E-state index >= 15 is 0 Å². The summed E-state index contributed by atoms with van der Waals surface area (Å²) in [5, 5.41) is 3.11. The molecule has 0 unspecified atom stereocenters. The lowest BCUT2D eigenvalue weighted by atomic mass is 10.3. The molecule has 9 heteroatoms. The summed E-state index contributed by atoms with van der Waals surface area (Å²) in [6.07, 6.45) is 0.855. The Morgan fingerprint density at radius 3 is 2.33 bits per heavy atom. The molecule has 0 aliphatic heterocycles. The van der Waals surface area contributed by atoms with E-state index in [1.165, 1.54) is 38.1 Å². The smallest absolute Gasteiger partial charge is 0.324 e. The van der Waals surface area contributed by atoms with Gasteiger partial charge in [0.1, 0.15) is 6.04 Å². The van der Waals surface area contributed by atoms with Crippen LogP contribution in [0.3, 0.4) is 0 Å². The molecule has 1 aromatic carbocycles. The second kappa shape index (κ2) is 7.50. The van der Waals surface area contributed by atoms with Gasteiger partial charge < -0.3 is 10.1 Å². The van der Waals surface area contributed by atoms with Crippen LogP contribution in [0.2, 0.25) is 5.02 Å². The van der Waals surface area contributed by atoms with Crippen LogP contribution in [0.4, 0.5) is 0 Å². The Hall–Kier alpha value is -1.64. The summed E-state index contributed by atoms with van der Waals surface area (Å²) in [6.45, 7) is 2.79. The third kappa shape index (κ3) is 5.19. The van der Waals surface area contributed by atoms with Gasteiger partial charge in [0.25, 0.3) is 5.91 Å². The summed E-state index contributed by atoms with van der Waals surface area (Å²) < 4.78 is 31.6. The molecule has 24 heavy (non-hydrogen) atoms. The second-order valence-electron chi connectivity index (χ2n) is 5.66. The van der Waals surface area contributed by atoms with E-state index in [1.54, 1.807) is 0 Å². The Morgan fingerprint density at radius 2 is 1.79 bits per heavy atom. The zero-order valence-corrected chi connectivity index (χ0v) is 14.9. The molecule has 1 aliphatic rings. The molecule has 132 valence electrons. The van der Waals surface area contributed by atoms with Gasteiger partial charge in [0.2, 0.25) is 10.0 Å². The molecule has 0 spiro atoms. The van der Waals surface area contributed by atoms with Crippen molar-refractivity contribution in [2.45, 2.75) is 49.8 Å². The molecule has 0 aromatic heterocycles. The van der Waals surface area contributed by atoms with Gasteiger partial charge >= 0.3 is 5.97 Å². The monoisotopic (exact) mass is 374 g/mol. The Morgan fingerprint density at radius 1 is 1.21 bits per heavy atom. The maximum atomic E-state index is 12.2. The van der Waals surface area contributed by atoms with Crippen LogP contribution in [0.15, 0.2) is 29.2 Å². The van der Waals surface area contributed by atoms with E-state index in [-0.39, 0.29) is 10.9 Å². The Kier molecular flexibility index (Phi) is 5.84. The third-order valence-corrected chi connectivity index (χ3v) is 5.20. The van der Waals surface area contributed by atoms with Gasteiger partial charge in [-0.05, 0) is 51.0 Å². The van der Waals surface area contributed by atoms with Gasteiger partial charge in [-0.2, -0.15) is 4.72 Å². The number of rotatable bonds is 7. The lowest BCUT2D eigenvalue weighted by Crippen LogP contribution is -2.43. The number of amides is 1. The minimum atomic E-state index is -3.90. The summed E-state index contributed by atoms with van der Waals surface area (Å²) in [5.74, 6) is -1.22. The number of sulfonamides is 1. The molecule has 1 fully saturated rings. The first-order valence-electron chi connectivity index (χ1n) is 7.48. The SMILES string of the molecule is C[C@H](NS(=O)(=O)c1ccc(Cl)cc1)C(=O)O[C@@H](C)C(=O)NC1CC1. The molecule has 1 aliphatic carbocycles. The van der Waals surface area contributed by atoms with E-state index in [0.29, 0.717) is 5.02 Å². The molecule has 2 rings (SSSR count). The predicted octanol–water partition coefficient (Wildman–Crippen LogP) is 1.22. The van der Waals surface area contributed by atoms with E-state index in [2.05, 4.69) is 10.0 Å². The first-order chi connectivity index (χ1) is 11.2. The number of carbonyl (C=O) groups is 2. The van der Waals surface area contributed by atoms with Gasteiger partial charge in [-0.3, -0.25) is 9.59 Å². The fourth-order valence-electron chi connectivity index (χ4n) is 1.84. The number of esters is 1. The zero-order valence-electron chi connectivity index (χ0n) is 13.3. The Bertz CT molecular complexity index is 716. The van der Waals surface area contributed by atoms with Crippen molar-refractivity contribution in [3.63, 3.8) is 0 Å². The molecule has 1 amide bonds. The molecular weight excluding hydrogens is 356 g/mol. The highest BCUT2D eigenvalue weighted by Crippen LogP contribution is 2.19. The van der Waals surface area contributed by atoms with E-state index in [0.717, 1.165) is 12.8 Å². The van der Waals surface area contributed by atoms with Gasteiger partial charge in [-0.1, -0.05) is 11.6 Å². The quantitative estimate of drug-likeness (QED) is 0.699. The Labute approximate surface area is 145 Å². The predicted molar refractivity (Wildman–Crippen MR) is 88.0 cm³/mol. The number of benzene rings is 1. The number of hydrogen-bond donors (Lipinski definition) is 2. The van der Waals surface area contributed by atoms with Crippen LogP contribution < -0.4 is 10.0 Å². The van der Waals surface area contributed by atoms with E-state index in [1.807, 2.05) is 0 Å². The fraction of sp³-hybridized carbons (Fsp3) is 0.467. The van der Waals surface area contributed by atoms with Crippen molar-refractivity contribution in [1.82, 2.24) is 10.0 Å². The van der Waals surface area contributed by atoms with Gasteiger partial charge in [-0.25, -0.2) is 8.42 Å². The first-order valence-corrected chi connectivity index (χ1v) is 9.34. The largest absolute Gasteiger partial charge is 0.451 e. The molecule has 0 bridgehead atoms. The maximum absolute atomic E-state index is 12.2. The van der Waals surface area contributed by atoms with Crippen molar-refractivity contribution in [1.29, 1.82) is 0 Å². The molecule has 2 atom stereocenters. The molecule has 1 saturated carbocycles. The maximum Gasteiger partial charge on any atom is 0.324 e. The molecule has 1 aromatic rings. The third-order valence-electron chi connectivity index (χ3n) is 3.40. The normalized spacial score (nSPS) is 17.0. The summed E-state index contributed by atoms with van der Waals surface area (Å²) in [5.41, 5.74) is 0. The molecule has 2 N–H and O–H groups in total. The number of carbonyl (C=O) groups excluding carboxylic acids is 2. The van der Waals surface area contributed by atoms with E-state index in [4.69, 9.17) is 16.3 Å². The minimum Gasteiger partial charge on any atom is -0.451 e. The average Bonchev–Trinajstić information content (AvgIpc) is 3.31. The van der Waals surface area contributed by atoms with Crippen LogP contribution in [0.5, 0.6) is 0 Å². The highest BCUT2D eigenvalue weighted by Gasteiger charge is 2.29. The van der Waals surface area contributed by atoms with Crippen LogP contribution in [-0.2, 0) is 24.3 Å². The van der Waals surface area contributed by atoms with Crippen molar-refractivity contribution in [3.8, 4) is 0 Å². The van der Waals surface area contributed by atoms with E-state index < -0.39 is 34.0 Å². The van der Waals surface area contributed by atoms with Crippen molar-refractivity contribution in [2.75, 3.05) is 0 Å². The molecule has 7 nitrogen and oxygen atoms in total. The number of ether oxygens (including phenoxy) is 1. The summed E-state index contributed by atoms with van der Waals surface area (Å²) >= 11 is 5.72. The van der Waals surface area contributed by atoms with E-state index in [9.17, 15) is 18.0 Å². The summed E-state index contributed by atoms with van der Waals surface area (Å²) in [6, 6.07) is 4.54. The second-order valence-corrected chi connectivity index (χ2v) is 7.81. The molecule has 0 radical (unpaired) electrons. The zero-order chi connectivity index (χ0) is 17.9. The van der Waals surface area contributed by atoms with Crippen LogP contribution in [-0.4, -0.2) is 38.5 Å². The number of nitrogens with one attached hydrogen (secondary N) is 2. The van der Waals surface area contributed by atoms with Crippen molar-refractivity contribution in [3.05, 3.63) is 29.3 Å². The minimum absolute atomic E-state index is 0.0222. The number of hydrogen-bond acceptors (Lipinski definition) is 5. The molecular formula is C15H19ClN2O5S. The van der Waals surface area contributed by atoms with Crippen molar-refractivity contribution >= 4 is 33.5 Å². The topological polar surface area (TPSA) is 102 Å². The van der Waals surface area contributed by atoms with Crippen LogP contribution in [0, 0.1) is 0 Å². The van der Waals surface area contributed by atoms with Gasteiger partial charge in [-0.15, -0.1) is 0 Å². The van der Waals surface area contributed by atoms with Crippen molar-refractivity contribution < 1.29 is 22.7 Å². The number of halogens is 1. The fourth-order valence-corrected chi connectivity index (χ4v) is 3.16. The highest BCUT2D eigenvalue weighted by atomic mass is 35.5. The molecule has 0 saturated heterocycles. The Balaban J connectivity index is 1.92. The highest BCUT2D eigenvalue weighted by molar-refractivity contribution is 7.89. The van der Waals surface area contributed by atoms with Gasteiger partial charge in [0.05, 0.1) is 4.90 Å². The average molecular weight is 375 g/mol. The van der Waals surface area contributed by atoms with Crippen LogP contribution >= 0.6 is 11.6 Å². The lowest BCUT2D eigenvalue weighted by molar-refractivity contribution is -0.156. The van der Waals surface area contributed by atoms with Gasteiger partial charge in [0.15, 0.2) is 6.10 Å². The first kappa shape index (κ1) is 18.7.